The SMILES string of the molecule is CC/C=C\C/C=C\C/C=C\C/C=C\CCCCCCCCCCCCCCCCCCCCCCCCCCCCCCC(=O)OC(COC(=O)CCCCCCCCC/C=C\CCCCCCCCC)COC(OCC[N+](C)(C)C)C(=O)[O-]. The Morgan fingerprint density at radius 2 is 0.679 bits per heavy atom. The first-order valence-electron chi connectivity index (χ1n) is 35.9. The summed E-state index contributed by atoms with van der Waals surface area (Å²) in [7, 11) is 5.94. The van der Waals surface area contributed by atoms with Crippen molar-refractivity contribution >= 4 is 17.9 Å². The van der Waals surface area contributed by atoms with Crippen molar-refractivity contribution in [3.63, 3.8) is 0 Å². The van der Waals surface area contributed by atoms with Crippen molar-refractivity contribution in [3.8, 4) is 0 Å². The summed E-state index contributed by atoms with van der Waals surface area (Å²) in [4.78, 5) is 37.4. The number of quaternary nitrogens is 1. The summed E-state index contributed by atoms with van der Waals surface area (Å²) in [5.41, 5.74) is 0. The van der Waals surface area contributed by atoms with Gasteiger partial charge in [-0.1, -0.05) is 312 Å². The van der Waals surface area contributed by atoms with Gasteiger partial charge < -0.3 is 33.3 Å². The van der Waals surface area contributed by atoms with Crippen LogP contribution in [0.25, 0.3) is 0 Å². The lowest BCUT2D eigenvalue weighted by atomic mass is 10.0. The number of carboxylic acids is 1. The maximum Gasteiger partial charge on any atom is 0.306 e. The van der Waals surface area contributed by atoms with E-state index in [-0.39, 0.29) is 32.2 Å². The van der Waals surface area contributed by atoms with Crippen LogP contribution in [0.3, 0.4) is 0 Å². The van der Waals surface area contributed by atoms with Crippen LogP contribution in [0.4, 0.5) is 0 Å². The van der Waals surface area contributed by atoms with Crippen molar-refractivity contribution in [2.24, 2.45) is 0 Å². The van der Waals surface area contributed by atoms with Crippen molar-refractivity contribution < 1.29 is 42.9 Å². The third kappa shape index (κ3) is 66.5. The fourth-order valence-electron chi connectivity index (χ4n) is 10.5. The molecule has 9 nitrogen and oxygen atoms in total. The molecule has 9 heteroatoms. The molecule has 0 saturated carbocycles. The van der Waals surface area contributed by atoms with Gasteiger partial charge in [-0.05, 0) is 77.0 Å². The predicted molar refractivity (Wildman–Crippen MR) is 357 cm³/mol. The first kappa shape index (κ1) is 81.0. The quantitative estimate of drug-likeness (QED) is 0.0195. The van der Waals surface area contributed by atoms with Gasteiger partial charge in [-0.2, -0.15) is 0 Å². The van der Waals surface area contributed by atoms with Crippen LogP contribution >= 0.6 is 0 Å². The van der Waals surface area contributed by atoms with E-state index in [2.05, 4.69) is 74.6 Å². The van der Waals surface area contributed by atoms with Crippen LogP contribution < -0.4 is 5.11 Å². The number of likely N-dealkylation sites (N-methyl/N-ethyl adjacent to an activating group) is 1. The zero-order chi connectivity index (χ0) is 61.2. The summed E-state index contributed by atoms with van der Waals surface area (Å²) < 4.78 is 22.8. The van der Waals surface area contributed by atoms with E-state index >= 15 is 0 Å². The fraction of sp³-hybridized carbons (Fsp3) is 0.827. The maximum atomic E-state index is 12.9. The lowest BCUT2D eigenvalue weighted by Gasteiger charge is -2.26. The van der Waals surface area contributed by atoms with E-state index in [0.29, 0.717) is 17.4 Å². The van der Waals surface area contributed by atoms with Crippen molar-refractivity contribution in [3.05, 3.63) is 60.8 Å². The Labute approximate surface area is 520 Å². The number of carbonyl (C=O) groups is 3. The van der Waals surface area contributed by atoms with E-state index in [1.807, 2.05) is 21.1 Å². The topological polar surface area (TPSA) is 111 Å². The second kappa shape index (κ2) is 66.0. The summed E-state index contributed by atoms with van der Waals surface area (Å²) in [5.74, 6) is -2.27. The van der Waals surface area contributed by atoms with Crippen molar-refractivity contribution in [1.82, 2.24) is 0 Å². The number of hydrogen-bond acceptors (Lipinski definition) is 8. The molecule has 0 radical (unpaired) electrons. The maximum absolute atomic E-state index is 12.9. The minimum atomic E-state index is -1.62. The molecule has 0 saturated heterocycles. The van der Waals surface area contributed by atoms with Crippen LogP contribution in [0.5, 0.6) is 0 Å². The van der Waals surface area contributed by atoms with E-state index in [4.69, 9.17) is 18.9 Å². The minimum Gasteiger partial charge on any atom is -0.545 e. The number of aliphatic carboxylic acids is 1. The van der Waals surface area contributed by atoms with Crippen molar-refractivity contribution in [2.45, 2.75) is 354 Å². The Kier molecular flexibility index (Phi) is 63.6. The molecule has 84 heavy (non-hydrogen) atoms. The number of carboxylic acid groups (broad SMARTS) is 1. The minimum absolute atomic E-state index is 0.149. The Balaban J connectivity index is 3.93. The largest absolute Gasteiger partial charge is 0.545 e. The number of hydrogen-bond donors (Lipinski definition) is 0. The Hall–Kier alpha value is -3.01. The highest BCUT2D eigenvalue weighted by Crippen LogP contribution is 2.18. The van der Waals surface area contributed by atoms with E-state index < -0.39 is 24.3 Å². The van der Waals surface area contributed by atoms with Gasteiger partial charge >= 0.3 is 11.9 Å². The molecule has 0 spiro atoms. The molecule has 0 aromatic heterocycles. The molecule has 490 valence electrons. The Morgan fingerprint density at radius 1 is 0.369 bits per heavy atom. The molecule has 2 atom stereocenters. The summed E-state index contributed by atoms with van der Waals surface area (Å²) >= 11 is 0. The van der Waals surface area contributed by atoms with Gasteiger partial charge in [0.25, 0.3) is 0 Å². The van der Waals surface area contributed by atoms with Crippen LogP contribution in [0.1, 0.15) is 341 Å². The molecule has 2 unspecified atom stereocenters. The van der Waals surface area contributed by atoms with E-state index in [1.165, 1.54) is 250 Å². The molecular weight excluding hydrogens is 1040 g/mol. The van der Waals surface area contributed by atoms with Gasteiger partial charge in [0, 0.05) is 12.8 Å². The molecule has 0 heterocycles. The standard InChI is InChI=1S/C75H137NO8/c1-6-8-10-12-14-16-18-20-22-24-26-27-28-29-30-31-32-33-34-35-36-37-38-39-40-41-42-43-44-45-46-47-48-50-52-54-56-58-60-62-64-66-73(78)84-71(70-83-75(74(79)80)81-68-67-76(3,4)5)69-82-72(77)65-63-61-59-57-55-53-51-49-25-23-21-19-17-15-13-11-9-7-2/h8,10,14,16,20,22-23,25-27,71,75H,6-7,9,11-13,15,17-19,21,24,28-70H2,1-5H3/b10-8-,16-14-,22-20-,25-23-,27-26-. The number of allylic oxidation sites excluding steroid dienone is 10. The molecule has 0 N–H and O–H groups in total. The first-order valence-corrected chi connectivity index (χ1v) is 35.9. The van der Waals surface area contributed by atoms with Gasteiger partial charge in [-0.25, -0.2) is 0 Å². The van der Waals surface area contributed by atoms with Gasteiger partial charge in [0.2, 0.25) is 0 Å². The van der Waals surface area contributed by atoms with Crippen LogP contribution in [-0.4, -0.2) is 82.3 Å². The molecule has 0 aliphatic heterocycles. The first-order chi connectivity index (χ1) is 41.1. The average Bonchev–Trinajstić information content (AvgIpc) is 3.52. The molecule has 0 bridgehead atoms. The molecule has 0 rings (SSSR count). The summed E-state index contributed by atoms with van der Waals surface area (Å²) in [6.45, 7) is 4.68. The Morgan fingerprint density at radius 3 is 1.02 bits per heavy atom. The summed E-state index contributed by atoms with van der Waals surface area (Å²) in [5, 5.41) is 11.8. The second-order valence-corrected chi connectivity index (χ2v) is 25.5. The highest BCUT2D eigenvalue weighted by atomic mass is 16.7. The highest BCUT2D eigenvalue weighted by Gasteiger charge is 2.22. The molecule has 0 aliphatic carbocycles. The van der Waals surface area contributed by atoms with Crippen LogP contribution in [0.15, 0.2) is 60.8 Å². The zero-order valence-corrected chi connectivity index (χ0v) is 56.0. The number of nitrogens with zero attached hydrogens (tertiary/aromatic N) is 1. The van der Waals surface area contributed by atoms with Gasteiger partial charge in [0.1, 0.15) is 13.2 Å². The van der Waals surface area contributed by atoms with Gasteiger partial charge in [-0.3, -0.25) is 9.59 Å². The summed E-state index contributed by atoms with van der Waals surface area (Å²) in [6, 6.07) is 0. The lowest BCUT2D eigenvalue weighted by Crippen LogP contribution is -2.44. The van der Waals surface area contributed by atoms with E-state index in [0.717, 1.165) is 64.2 Å². The zero-order valence-electron chi connectivity index (χ0n) is 56.0. The third-order valence-corrected chi connectivity index (χ3v) is 16.0. The second-order valence-electron chi connectivity index (χ2n) is 25.5. The molecule has 0 aliphatic rings. The molecule has 0 aromatic rings. The predicted octanol–water partition coefficient (Wildman–Crippen LogP) is 21.0. The van der Waals surface area contributed by atoms with Crippen LogP contribution in [-0.2, 0) is 33.3 Å². The summed E-state index contributed by atoms with van der Waals surface area (Å²) in [6.07, 6.45) is 83.3. The molecular formula is C75H137NO8. The van der Waals surface area contributed by atoms with Crippen molar-refractivity contribution in [2.75, 3.05) is 47.5 Å². The van der Waals surface area contributed by atoms with Gasteiger partial charge in [0.05, 0.1) is 40.3 Å². The Bertz CT molecular complexity index is 1560. The third-order valence-electron chi connectivity index (χ3n) is 16.0. The van der Waals surface area contributed by atoms with Gasteiger partial charge in [-0.15, -0.1) is 0 Å². The smallest absolute Gasteiger partial charge is 0.306 e. The fourth-order valence-corrected chi connectivity index (χ4v) is 10.5. The molecule has 0 aromatic carbocycles. The van der Waals surface area contributed by atoms with Crippen LogP contribution in [0, 0.1) is 0 Å². The van der Waals surface area contributed by atoms with E-state index in [9.17, 15) is 19.5 Å². The number of carbonyl (C=O) groups excluding carboxylic acids is 3. The van der Waals surface area contributed by atoms with E-state index in [1.54, 1.807) is 0 Å². The number of esters is 2. The van der Waals surface area contributed by atoms with Gasteiger partial charge in [0.15, 0.2) is 12.4 Å². The van der Waals surface area contributed by atoms with Crippen LogP contribution in [0.2, 0.25) is 0 Å². The highest BCUT2D eigenvalue weighted by molar-refractivity contribution is 5.70. The van der Waals surface area contributed by atoms with Crippen molar-refractivity contribution in [1.29, 1.82) is 0 Å². The molecule has 0 fully saturated rings. The normalized spacial score (nSPS) is 13.0. The average molecular weight is 1180 g/mol. The lowest BCUT2D eigenvalue weighted by molar-refractivity contribution is -0.870. The monoisotopic (exact) mass is 1180 g/mol. The molecule has 0 amide bonds. The number of ether oxygens (including phenoxy) is 4. The number of unbranched alkanes of at least 4 members (excludes halogenated alkanes) is 42. The number of rotatable bonds is 67.